The molecule has 0 aliphatic heterocycles. The number of aliphatic hydroxyl groups is 1. The number of alkyl halides is 3. The monoisotopic (exact) mass is 503 g/mol. The highest BCUT2D eigenvalue weighted by molar-refractivity contribution is 5.90. The van der Waals surface area contributed by atoms with Crippen molar-refractivity contribution in [2.75, 3.05) is 18.5 Å². The van der Waals surface area contributed by atoms with E-state index in [0.29, 0.717) is 39.7 Å². The van der Waals surface area contributed by atoms with Crippen molar-refractivity contribution in [3.05, 3.63) is 72.3 Å². The first-order chi connectivity index (χ1) is 16.9. The number of nitrogens with two attached hydrogens (primary N) is 2. The molecule has 36 heavy (non-hydrogen) atoms. The van der Waals surface area contributed by atoms with E-state index in [-0.39, 0.29) is 6.61 Å². The summed E-state index contributed by atoms with van der Waals surface area (Å²) >= 11 is 0. The van der Waals surface area contributed by atoms with Gasteiger partial charge in [-0.25, -0.2) is 9.78 Å². The second kappa shape index (κ2) is 10.6. The number of carbonyl (C=O) groups is 1. The van der Waals surface area contributed by atoms with Gasteiger partial charge in [0, 0.05) is 28.7 Å². The van der Waals surface area contributed by atoms with Crippen LogP contribution in [0.15, 0.2) is 66.8 Å². The smallest absolute Gasteiger partial charge is 0.398 e. The van der Waals surface area contributed by atoms with Gasteiger partial charge in [-0.15, -0.1) is 0 Å². The third kappa shape index (κ3) is 7.15. The molecule has 0 atom stereocenters. The summed E-state index contributed by atoms with van der Waals surface area (Å²) in [6.45, 7) is 2.09. The molecule has 0 unspecified atom stereocenters. The Kier molecular flexibility index (Phi) is 7.78. The molecule has 0 saturated heterocycles. The number of carbonyl (C=O) groups excluding carboxylic acids is 1. The number of rotatable bonds is 8. The zero-order valence-corrected chi connectivity index (χ0v) is 19.7. The fraction of sp³-hybridized carbons (Fsp3) is 0.250. The van der Waals surface area contributed by atoms with Crippen LogP contribution in [0.4, 0.5) is 23.7 Å². The third-order valence-corrected chi connectivity index (χ3v) is 5.03. The number of pyridine rings is 1. The second-order valence-corrected chi connectivity index (χ2v) is 8.70. The number of fused-ring (bicyclic) bond motifs is 1. The third-order valence-electron chi connectivity index (χ3n) is 5.03. The SMILES string of the molecule is CC(C)(CO)N/C(N)=C/C=C(\N)c1ccn2c(-c3cccc(NC(=O)NCC(F)(F)F)c3)cnc2c1. The molecular formula is C24H28F3N7O2. The lowest BCUT2D eigenvalue weighted by Gasteiger charge is -2.24. The van der Waals surface area contributed by atoms with E-state index in [4.69, 9.17) is 11.5 Å². The Balaban J connectivity index is 1.78. The van der Waals surface area contributed by atoms with Crippen LogP contribution in [-0.4, -0.2) is 45.4 Å². The van der Waals surface area contributed by atoms with E-state index in [1.165, 1.54) is 0 Å². The van der Waals surface area contributed by atoms with Crippen molar-refractivity contribution < 1.29 is 23.1 Å². The molecule has 0 radical (unpaired) electrons. The lowest BCUT2D eigenvalue weighted by Crippen LogP contribution is -2.44. The van der Waals surface area contributed by atoms with Gasteiger partial charge in [-0.1, -0.05) is 12.1 Å². The number of allylic oxidation sites excluding steroid dienone is 2. The fourth-order valence-corrected chi connectivity index (χ4v) is 3.23. The normalized spacial score (nSPS) is 13.1. The molecular weight excluding hydrogens is 475 g/mol. The molecule has 0 fully saturated rings. The van der Waals surface area contributed by atoms with Gasteiger partial charge < -0.3 is 32.5 Å². The van der Waals surface area contributed by atoms with Gasteiger partial charge >= 0.3 is 12.2 Å². The van der Waals surface area contributed by atoms with E-state index in [1.54, 1.807) is 80.1 Å². The van der Waals surface area contributed by atoms with Gasteiger partial charge in [0.1, 0.15) is 12.2 Å². The maximum atomic E-state index is 12.3. The number of nitrogens with zero attached hydrogens (tertiary/aromatic N) is 2. The van der Waals surface area contributed by atoms with E-state index in [0.717, 1.165) is 0 Å². The molecule has 9 nitrogen and oxygen atoms in total. The predicted octanol–water partition coefficient (Wildman–Crippen LogP) is 3.15. The van der Waals surface area contributed by atoms with Crippen LogP contribution < -0.4 is 27.4 Å². The number of urea groups is 1. The minimum absolute atomic E-state index is 0.0934. The molecule has 0 saturated carbocycles. The van der Waals surface area contributed by atoms with Crippen LogP contribution in [0, 0.1) is 0 Å². The molecule has 0 aliphatic rings. The largest absolute Gasteiger partial charge is 0.405 e. The number of hydrogen-bond acceptors (Lipinski definition) is 6. The van der Waals surface area contributed by atoms with Crippen molar-refractivity contribution >= 4 is 23.1 Å². The number of hydrogen-bond donors (Lipinski definition) is 6. The number of benzene rings is 1. The fourth-order valence-electron chi connectivity index (χ4n) is 3.23. The van der Waals surface area contributed by atoms with E-state index < -0.39 is 24.3 Å². The van der Waals surface area contributed by atoms with Crippen LogP contribution in [0.2, 0.25) is 0 Å². The van der Waals surface area contributed by atoms with Crippen LogP contribution in [0.1, 0.15) is 19.4 Å². The van der Waals surface area contributed by atoms with Crippen LogP contribution >= 0.6 is 0 Å². The number of imidazole rings is 1. The first-order valence-electron chi connectivity index (χ1n) is 10.9. The molecule has 0 spiro atoms. The molecule has 0 aliphatic carbocycles. The van der Waals surface area contributed by atoms with E-state index in [9.17, 15) is 23.1 Å². The van der Waals surface area contributed by atoms with E-state index in [2.05, 4.69) is 15.6 Å². The minimum atomic E-state index is -4.50. The minimum Gasteiger partial charge on any atom is -0.398 e. The van der Waals surface area contributed by atoms with Gasteiger partial charge in [0.25, 0.3) is 0 Å². The topological polar surface area (TPSA) is 143 Å². The average molecular weight is 504 g/mol. The summed E-state index contributed by atoms with van der Waals surface area (Å²) in [6.07, 6.45) is 2.18. The first-order valence-corrected chi connectivity index (χ1v) is 10.9. The molecule has 12 heteroatoms. The summed E-state index contributed by atoms with van der Waals surface area (Å²) in [6, 6.07) is 9.29. The Morgan fingerprint density at radius 2 is 1.92 bits per heavy atom. The molecule has 2 heterocycles. The maximum absolute atomic E-state index is 12.3. The Labute approximate surface area is 205 Å². The van der Waals surface area contributed by atoms with Crippen LogP contribution in [-0.2, 0) is 0 Å². The molecule has 8 N–H and O–H groups in total. The summed E-state index contributed by atoms with van der Waals surface area (Å²) in [5.41, 5.74) is 15.1. The van der Waals surface area contributed by atoms with E-state index in [1.807, 2.05) is 4.40 Å². The van der Waals surface area contributed by atoms with Crippen molar-refractivity contribution in [2.45, 2.75) is 25.6 Å². The highest BCUT2D eigenvalue weighted by atomic mass is 19.4. The van der Waals surface area contributed by atoms with Gasteiger partial charge in [0.15, 0.2) is 0 Å². The van der Waals surface area contributed by atoms with Crippen molar-refractivity contribution in [1.29, 1.82) is 0 Å². The Morgan fingerprint density at radius 3 is 2.61 bits per heavy atom. The molecule has 0 bridgehead atoms. The standard InChI is InChI=1S/C24H28F3N7O2/c1-23(2,14-35)33-20(29)7-6-18(28)15-8-9-34-19(12-30-21(34)11-15)16-4-3-5-17(10-16)32-22(36)31-13-24(25,26)27/h3-12,33,35H,13-14,28-29H2,1-2H3,(H2,31,32,36)/b18-6-,20-7+. The lowest BCUT2D eigenvalue weighted by atomic mass is 10.1. The van der Waals surface area contributed by atoms with Gasteiger partial charge in [-0.05, 0) is 50.3 Å². The Morgan fingerprint density at radius 1 is 1.17 bits per heavy atom. The number of aromatic nitrogens is 2. The summed E-state index contributed by atoms with van der Waals surface area (Å²) in [5.74, 6) is 0.349. The quantitative estimate of drug-likeness (QED) is 0.261. The second-order valence-electron chi connectivity index (χ2n) is 8.70. The summed E-state index contributed by atoms with van der Waals surface area (Å²) < 4.78 is 38.7. The van der Waals surface area contributed by atoms with Crippen LogP contribution in [0.3, 0.4) is 0 Å². The van der Waals surface area contributed by atoms with Crippen molar-refractivity contribution in [1.82, 2.24) is 20.0 Å². The molecule has 3 aromatic rings. The van der Waals surface area contributed by atoms with Crippen molar-refractivity contribution in [2.24, 2.45) is 11.5 Å². The zero-order chi connectivity index (χ0) is 26.5. The first kappa shape index (κ1) is 26.4. The molecule has 2 amide bonds. The highest BCUT2D eigenvalue weighted by Crippen LogP contribution is 2.25. The maximum Gasteiger partial charge on any atom is 0.405 e. The summed E-state index contributed by atoms with van der Waals surface area (Å²) in [7, 11) is 0. The molecule has 1 aromatic carbocycles. The predicted molar refractivity (Wildman–Crippen MR) is 132 cm³/mol. The van der Waals surface area contributed by atoms with Gasteiger partial charge in [0.2, 0.25) is 0 Å². The highest BCUT2D eigenvalue weighted by Gasteiger charge is 2.27. The van der Waals surface area contributed by atoms with Crippen molar-refractivity contribution in [3.8, 4) is 11.3 Å². The van der Waals surface area contributed by atoms with Crippen LogP contribution in [0.5, 0.6) is 0 Å². The number of anilines is 1. The molecule has 2 aromatic heterocycles. The molecule has 3 rings (SSSR count). The summed E-state index contributed by atoms with van der Waals surface area (Å²) in [4.78, 5) is 16.2. The Bertz CT molecular complexity index is 1300. The van der Waals surface area contributed by atoms with Gasteiger partial charge in [-0.3, -0.25) is 4.40 Å². The zero-order valence-electron chi connectivity index (χ0n) is 19.7. The Hall–Kier alpha value is -4.19. The van der Waals surface area contributed by atoms with Crippen LogP contribution in [0.25, 0.3) is 22.6 Å². The van der Waals surface area contributed by atoms with Gasteiger partial charge in [0.05, 0.1) is 29.9 Å². The number of nitrogens with one attached hydrogen (secondary N) is 3. The van der Waals surface area contributed by atoms with Crippen molar-refractivity contribution in [3.63, 3.8) is 0 Å². The number of halogens is 3. The summed E-state index contributed by atoms with van der Waals surface area (Å²) in [5, 5.41) is 16.5. The lowest BCUT2D eigenvalue weighted by molar-refractivity contribution is -0.122. The number of aliphatic hydroxyl groups excluding tert-OH is 1. The number of amides is 2. The molecule has 192 valence electrons. The average Bonchev–Trinajstić information content (AvgIpc) is 3.24. The van der Waals surface area contributed by atoms with E-state index >= 15 is 0 Å². The van der Waals surface area contributed by atoms with Gasteiger partial charge in [-0.2, -0.15) is 13.2 Å².